The Kier molecular flexibility index (Phi) is 6.05. The molecule has 0 aliphatic heterocycles. The van der Waals surface area contributed by atoms with Crippen LogP contribution in [-0.4, -0.2) is 39.6 Å². The quantitative estimate of drug-likeness (QED) is 0.482. The number of carbonyl (C=O) groups is 1. The van der Waals surface area contributed by atoms with Crippen LogP contribution < -0.4 is 10.2 Å². The minimum Gasteiger partial charge on any atom is -0.378 e. The van der Waals surface area contributed by atoms with Crippen molar-refractivity contribution in [3.63, 3.8) is 0 Å². The molecule has 2 aromatic heterocycles. The number of nitrogens with zero attached hydrogens (tertiary/aromatic N) is 5. The first-order valence-corrected chi connectivity index (χ1v) is 10.9. The van der Waals surface area contributed by atoms with Gasteiger partial charge in [0.15, 0.2) is 0 Å². The Morgan fingerprint density at radius 3 is 1.97 bits per heavy atom. The van der Waals surface area contributed by atoms with Crippen LogP contribution in [0.5, 0.6) is 0 Å². The van der Waals surface area contributed by atoms with Crippen molar-refractivity contribution < 1.29 is 4.79 Å². The highest BCUT2D eigenvalue weighted by molar-refractivity contribution is 5.97. The first-order valence-electron chi connectivity index (χ1n) is 10.9. The number of carbonyl (C=O) groups excluding carboxylic acids is 1. The second kappa shape index (κ2) is 8.94. The molecule has 2 aromatic carbocycles. The van der Waals surface area contributed by atoms with Gasteiger partial charge in [0, 0.05) is 63.0 Å². The topological polar surface area (TPSA) is 68.0 Å². The molecule has 1 atom stereocenters. The van der Waals surface area contributed by atoms with E-state index in [-0.39, 0.29) is 11.9 Å². The maximum Gasteiger partial charge on any atom is 0.252 e. The van der Waals surface area contributed by atoms with E-state index in [1.54, 1.807) is 9.36 Å². The monoisotopic (exact) mass is 442 g/mol. The second-order valence-corrected chi connectivity index (χ2v) is 8.74. The smallest absolute Gasteiger partial charge is 0.252 e. The van der Waals surface area contributed by atoms with Crippen LogP contribution in [-0.2, 0) is 14.1 Å². The molecule has 0 saturated heterocycles. The number of aromatic nitrogens is 4. The van der Waals surface area contributed by atoms with E-state index in [9.17, 15) is 4.79 Å². The third kappa shape index (κ3) is 4.82. The van der Waals surface area contributed by atoms with Crippen LogP contribution in [0.25, 0.3) is 22.3 Å². The predicted octanol–water partition coefficient (Wildman–Crippen LogP) is 4.35. The molecule has 0 aliphatic rings. The van der Waals surface area contributed by atoms with Crippen molar-refractivity contribution in [2.45, 2.75) is 19.9 Å². The van der Waals surface area contributed by atoms with Gasteiger partial charge in [0.25, 0.3) is 5.91 Å². The Morgan fingerprint density at radius 2 is 1.48 bits per heavy atom. The van der Waals surface area contributed by atoms with Crippen molar-refractivity contribution in [3.8, 4) is 22.3 Å². The van der Waals surface area contributed by atoms with Gasteiger partial charge in [-0.2, -0.15) is 10.2 Å². The summed E-state index contributed by atoms with van der Waals surface area (Å²) in [5.41, 5.74) is 7.79. The maximum atomic E-state index is 13.2. The summed E-state index contributed by atoms with van der Waals surface area (Å²) < 4.78 is 3.58. The molecular formula is C26H30N6O. The molecule has 0 unspecified atom stereocenters. The van der Waals surface area contributed by atoms with E-state index in [1.165, 1.54) is 0 Å². The van der Waals surface area contributed by atoms with Crippen molar-refractivity contribution in [1.82, 2.24) is 24.9 Å². The number of benzene rings is 2. The van der Waals surface area contributed by atoms with Gasteiger partial charge in [-0.15, -0.1) is 0 Å². The largest absolute Gasteiger partial charge is 0.378 e. The third-order valence-corrected chi connectivity index (χ3v) is 5.86. The molecule has 2 heterocycles. The lowest BCUT2D eigenvalue weighted by Crippen LogP contribution is -2.27. The second-order valence-electron chi connectivity index (χ2n) is 8.74. The van der Waals surface area contributed by atoms with Gasteiger partial charge in [-0.05, 0) is 66.4 Å². The van der Waals surface area contributed by atoms with Crippen LogP contribution in [0.2, 0.25) is 0 Å². The highest BCUT2D eigenvalue weighted by Crippen LogP contribution is 2.30. The molecule has 1 N–H and O–H groups in total. The highest BCUT2D eigenvalue weighted by Gasteiger charge is 2.17. The van der Waals surface area contributed by atoms with Crippen molar-refractivity contribution in [3.05, 3.63) is 77.9 Å². The van der Waals surface area contributed by atoms with Crippen molar-refractivity contribution >= 4 is 11.6 Å². The standard InChI is InChI=1S/C26H30N6O/c1-17-7-8-24(30(3)4)12-25(17)26(33)29-18(2)19-9-20(22-13-27-31(5)15-22)11-21(10-19)23-14-28-32(6)16-23/h7-16,18H,1-6H3,(H,29,33)/t18-/m1/s1. The summed E-state index contributed by atoms with van der Waals surface area (Å²) in [4.78, 5) is 15.2. The zero-order valence-electron chi connectivity index (χ0n) is 20.0. The van der Waals surface area contributed by atoms with E-state index in [1.807, 2.05) is 89.9 Å². The van der Waals surface area contributed by atoms with Crippen molar-refractivity contribution in [1.29, 1.82) is 0 Å². The minimum absolute atomic E-state index is 0.0848. The number of hydrogen-bond donors (Lipinski definition) is 1. The van der Waals surface area contributed by atoms with Gasteiger partial charge in [-0.1, -0.05) is 6.07 Å². The first kappa shape index (κ1) is 22.3. The molecule has 0 radical (unpaired) electrons. The summed E-state index contributed by atoms with van der Waals surface area (Å²) in [7, 11) is 7.75. The summed E-state index contributed by atoms with van der Waals surface area (Å²) in [6, 6.07) is 12.1. The molecule has 0 saturated carbocycles. The number of aryl methyl sites for hydroxylation is 3. The Balaban J connectivity index is 1.69. The number of hydrogen-bond acceptors (Lipinski definition) is 4. The van der Waals surface area contributed by atoms with Gasteiger partial charge < -0.3 is 10.2 Å². The third-order valence-electron chi connectivity index (χ3n) is 5.86. The molecule has 4 aromatic rings. The molecular weight excluding hydrogens is 412 g/mol. The lowest BCUT2D eigenvalue weighted by molar-refractivity contribution is 0.0939. The van der Waals surface area contributed by atoms with Crippen molar-refractivity contribution in [2.24, 2.45) is 14.1 Å². The lowest BCUT2D eigenvalue weighted by Gasteiger charge is -2.19. The van der Waals surface area contributed by atoms with Gasteiger partial charge in [0.05, 0.1) is 18.4 Å². The van der Waals surface area contributed by atoms with E-state index >= 15 is 0 Å². The van der Waals surface area contributed by atoms with Crippen LogP contribution in [0.4, 0.5) is 5.69 Å². The molecule has 7 heteroatoms. The average Bonchev–Trinajstić information content (AvgIpc) is 3.41. The number of anilines is 1. The molecule has 33 heavy (non-hydrogen) atoms. The Hall–Kier alpha value is -3.87. The zero-order chi connectivity index (χ0) is 23.7. The highest BCUT2D eigenvalue weighted by atomic mass is 16.1. The van der Waals surface area contributed by atoms with Crippen LogP contribution in [0.15, 0.2) is 61.2 Å². The van der Waals surface area contributed by atoms with Gasteiger partial charge in [0.2, 0.25) is 0 Å². The van der Waals surface area contributed by atoms with Crippen LogP contribution in [0.3, 0.4) is 0 Å². The van der Waals surface area contributed by atoms with Crippen LogP contribution >= 0.6 is 0 Å². The minimum atomic E-state index is -0.188. The maximum absolute atomic E-state index is 13.2. The molecule has 170 valence electrons. The average molecular weight is 443 g/mol. The number of nitrogens with one attached hydrogen (secondary N) is 1. The zero-order valence-corrected chi connectivity index (χ0v) is 20.0. The van der Waals surface area contributed by atoms with Crippen LogP contribution in [0, 0.1) is 6.92 Å². The van der Waals surface area contributed by atoms with Gasteiger partial charge in [0.1, 0.15) is 0 Å². The normalized spacial score (nSPS) is 11.9. The molecule has 0 bridgehead atoms. The van der Waals surface area contributed by atoms with E-state index in [2.05, 4.69) is 33.7 Å². The Labute approximate surface area is 194 Å². The summed E-state index contributed by atoms with van der Waals surface area (Å²) in [5.74, 6) is -0.0848. The molecule has 0 aliphatic carbocycles. The van der Waals surface area contributed by atoms with E-state index in [0.717, 1.165) is 39.1 Å². The lowest BCUT2D eigenvalue weighted by atomic mass is 9.96. The number of amides is 1. The van der Waals surface area contributed by atoms with Crippen molar-refractivity contribution in [2.75, 3.05) is 19.0 Å². The summed E-state index contributed by atoms with van der Waals surface area (Å²) in [6.07, 6.45) is 7.69. The fourth-order valence-corrected chi connectivity index (χ4v) is 3.87. The Morgan fingerprint density at radius 1 is 0.909 bits per heavy atom. The molecule has 0 spiro atoms. The molecule has 0 fully saturated rings. The summed E-state index contributed by atoms with van der Waals surface area (Å²) >= 11 is 0. The SMILES string of the molecule is Cc1ccc(N(C)C)cc1C(=O)N[C@H](C)c1cc(-c2cnn(C)c2)cc(-c2cnn(C)c2)c1. The fourth-order valence-electron chi connectivity index (χ4n) is 3.87. The summed E-state index contributed by atoms with van der Waals surface area (Å²) in [5, 5.41) is 11.8. The van der Waals surface area contributed by atoms with Gasteiger partial charge in [-0.25, -0.2) is 0 Å². The fraction of sp³-hybridized carbons (Fsp3) is 0.269. The predicted molar refractivity (Wildman–Crippen MR) is 132 cm³/mol. The first-order chi connectivity index (χ1) is 15.7. The van der Waals surface area contributed by atoms with E-state index in [4.69, 9.17) is 0 Å². The Bertz CT molecular complexity index is 1240. The molecule has 7 nitrogen and oxygen atoms in total. The van der Waals surface area contributed by atoms with Gasteiger partial charge >= 0.3 is 0 Å². The number of rotatable bonds is 6. The molecule has 1 amide bonds. The van der Waals surface area contributed by atoms with Gasteiger partial charge in [-0.3, -0.25) is 14.2 Å². The van der Waals surface area contributed by atoms with Crippen LogP contribution in [0.1, 0.15) is 34.5 Å². The summed E-state index contributed by atoms with van der Waals surface area (Å²) in [6.45, 7) is 3.97. The van der Waals surface area contributed by atoms with E-state index in [0.29, 0.717) is 5.56 Å². The molecule has 4 rings (SSSR count). The van der Waals surface area contributed by atoms with E-state index < -0.39 is 0 Å².